The molecule has 0 fully saturated rings. The number of ketones is 1. The van der Waals surface area contributed by atoms with Crippen LogP contribution in [0.25, 0.3) is 11.0 Å². The normalized spacial score (nSPS) is 10.9. The molecule has 4 rings (SSSR count). The minimum absolute atomic E-state index is 0.0357. The molecule has 7 heteroatoms. The Bertz CT molecular complexity index is 1440. The fraction of sp³-hybridized carbons (Fsp3) is 0.167. The van der Waals surface area contributed by atoms with E-state index < -0.39 is 17.2 Å². The van der Waals surface area contributed by atoms with Crippen LogP contribution in [0.1, 0.15) is 43.9 Å². The molecule has 0 radical (unpaired) electrons. The van der Waals surface area contributed by atoms with E-state index in [1.165, 1.54) is 6.92 Å². The van der Waals surface area contributed by atoms with Gasteiger partial charge < -0.3 is 9.52 Å². The third-order valence-corrected chi connectivity index (χ3v) is 5.39. The van der Waals surface area contributed by atoms with Crippen LogP contribution in [-0.2, 0) is 6.54 Å². The lowest BCUT2D eigenvalue weighted by Crippen LogP contribution is -2.27. The number of pyridine rings is 2. The number of furan rings is 1. The standard InChI is InChI=1S/C24H19N3O4/c1-13-6-7-19-17(9-13)15(3)22(31-19)21(28)20-14(2)18(10-25)23(29)27(24(20)30)12-16-5-4-8-26-11-16/h4-9,11,30H,12H2,1-3H3. The zero-order chi connectivity index (χ0) is 22.3. The first kappa shape index (κ1) is 20.1. The lowest BCUT2D eigenvalue weighted by Gasteiger charge is -2.15. The molecule has 0 aliphatic heterocycles. The Morgan fingerprint density at radius 2 is 2.00 bits per heavy atom. The number of carbonyl (C=O) groups is 1. The van der Waals surface area contributed by atoms with E-state index in [2.05, 4.69) is 4.98 Å². The Kier molecular flexibility index (Phi) is 4.91. The van der Waals surface area contributed by atoms with E-state index >= 15 is 0 Å². The summed E-state index contributed by atoms with van der Waals surface area (Å²) in [6.45, 7) is 5.15. The molecule has 31 heavy (non-hydrogen) atoms. The van der Waals surface area contributed by atoms with Crippen LogP contribution in [0, 0.1) is 32.1 Å². The molecule has 7 nitrogen and oxygen atoms in total. The van der Waals surface area contributed by atoms with Gasteiger partial charge in [0.25, 0.3) is 5.56 Å². The number of aromatic hydroxyl groups is 1. The first-order valence-electron chi connectivity index (χ1n) is 9.63. The highest BCUT2D eigenvalue weighted by Gasteiger charge is 2.28. The predicted octanol–water partition coefficient (Wildman–Crippen LogP) is 3.77. The van der Waals surface area contributed by atoms with E-state index in [1.54, 1.807) is 37.5 Å². The molecule has 0 saturated heterocycles. The number of hydrogen-bond donors (Lipinski definition) is 1. The molecular formula is C24H19N3O4. The molecule has 0 saturated carbocycles. The first-order valence-corrected chi connectivity index (χ1v) is 9.63. The van der Waals surface area contributed by atoms with Crippen LogP contribution in [-0.4, -0.2) is 20.4 Å². The highest BCUT2D eigenvalue weighted by molar-refractivity contribution is 6.12. The second kappa shape index (κ2) is 7.58. The van der Waals surface area contributed by atoms with E-state index in [0.29, 0.717) is 16.7 Å². The quantitative estimate of drug-likeness (QED) is 0.510. The number of carbonyl (C=O) groups excluding carboxylic acids is 1. The van der Waals surface area contributed by atoms with Gasteiger partial charge >= 0.3 is 0 Å². The van der Waals surface area contributed by atoms with Crippen LogP contribution in [0.15, 0.2) is 51.9 Å². The van der Waals surface area contributed by atoms with Crippen LogP contribution >= 0.6 is 0 Å². The van der Waals surface area contributed by atoms with E-state index in [9.17, 15) is 20.0 Å². The van der Waals surface area contributed by atoms with Crippen molar-refractivity contribution in [2.75, 3.05) is 0 Å². The molecule has 3 heterocycles. The van der Waals surface area contributed by atoms with Crippen molar-refractivity contribution >= 4 is 16.8 Å². The largest absolute Gasteiger partial charge is 0.494 e. The van der Waals surface area contributed by atoms with Gasteiger partial charge in [0.1, 0.15) is 17.2 Å². The van der Waals surface area contributed by atoms with Gasteiger partial charge in [0.15, 0.2) is 5.76 Å². The molecule has 0 bridgehead atoms. The lowest BCUT2D eigenvalue weighted by molar-refractivity contribution is 0.101. The smallest absolute Gasteiger partial charge is 0.271 e. The minimum Gasteiger partial charge on any atom is -0.494 e. The Hall–Kier alpha value is -4.18. The number of benzene rings is 1. The lowest BCUT2D eigenvalue weighted by atomic mass is 9.98. The molecule has 0 spiro atoms. The summed E-state index contributed by atoms with van der Waals surface area (Å²) in [5.74, 6) is -1.03. The molecule has 0 aliphatic rings. The van der Waals surface area contributed by atoms with Gasteiger partial charge in [-0.05, 0) is 50.1 Å². The molecule has 1 N–H and O–H groups in total. The maximum absolute atomic E-state index is 13.5. The van der Waals surface area contributed by atoms with Gasteiger partial charge in [-0.25, -0.2) is 0 Å². The summed E-state index contributed by atoms with van der Waals surface area (Å²) >= 11 is 0. The van der Waals surface area contributed by atoms with E-state index in [-0.39, 0.29) is 29.0 Å². The molecule has 154 valence electrons. The fourth-order valence-electron chi connectivity index (χ4n) is 3.71. The van der Waals surface area contributed by atoms with Gasteiger partial charge in [-0.1, -0.05) is 17.7 Å². The second-order valence-electron chi connectivity index (χ2n) is 7.45. The molecule has 3 aromatic heterocycles. The van der Waals surface area contributed by atoms with Crippen molar-refractivity contribution in [2.24, 2.45) is 0 Å². The van der Waals surface area contributed by atoms with Crippen molar-refractivity contribution < 1.29 is 14.3 Å². The summed E-state index contributed by atoms with van der Waals surface area (Å²) in [5, 5.41) is 21.3. The van der Waals surface area contributed by atoms with Crippen LogP contribution in [0.4, 0.5) is 0 Å². The summed E-state index contributed by atoms with van der Waals surface area (Å²) in [4.78, 5) is 30.3. The van der Waals surface area contributed by atoms with Gasteiger partial charge in [-0.2, -0.15) is 5.26 Å². The Labute approximate surface area is 177 Å². The number of aromatic nitrogens is 2. The zero-order valence-corrected chi connectivity index (χ0v) is 17.3. The van der Waals surface area contributed by atoms with Crippen LogP contribution < -0.4 is 5.56 Å². The van der Waals surface area contributed by atoms with Crippen molar-refractivity contribution in [3.8, 4) is 11.9 Å². The van der Waals surface area contributed by atoms with Gasteiger partial charge in [-0.3, -0.25) is 19.1 Å². The number of fused-ring (bicyclic) bond motifs is 1. The summed E-state index contributed by atoms with van der Waals surface area (Å²) in [5.41, 5.74) is 1.96. The van der Waals surface area contributed by atoms with Gasteiger partial charge in [-0.15, -0.1) is 0 Å². The molecule has 0 aliphatic carbocycles. The van der Waals surface area contributed by atoms with Crippen molar-refractivity contribution in [2.45, 2.75) is 27.3 Å². The maximum Gasteiger partial charge on any atom is 0.271 e. The summed E-state index contributed by atoms with van der Waals surface area (Å²) in [6.07, 6.45) is 3.13. The van der Waals surface area contributed by atoms with Crippen molar-refractivity contribution in [1.29, 1.82) is 5.26 Å². The molecule has 1 aromatic carbocycles. The van der Waals surface area contributed by atoms with Gasteiger partial charge in [0, 0.05) is 23.3 Å². The van der Waals surface area contributed by atoms with Crippen molar-refractivity contribution in [1.82, 2.24) is 9.55 Å². The second-order valence-corrected chi connectivity index (χ2v) is 7.45. The van der Waals surface area contributed by atoms with Crippen molar-refractivity contribution in [3.63, 3.8) is 0 Å². The van der Waals surface area contributed by atoms with E-state index in [0.717, 1.165) is 15.5 Å². The van der Waals surface area contributed by atoms with Gasteiger partial charge in [0.2, 0.25) is 11.7 Å². The molecule has 0 unspecified atom stereocenters. The molecule has 0 atom stereocenters. The highest BCUT2D eigenvalue weighted by atomic mass is 16.3. The Morgan fingerprint density at radius 1 is 1.23 bits per heavy atom. The Balaban J connectivity index is 1.93. The average Bonchev–Trinajstić information content (AvgIpc) is 3.08. The monoisotopic (exact) mass is 413 g/mol. The van der Waals surface area contributed by atoms with Crippen LogP contribution in [0.5, 0.6) is 5.88 Å². The highest BCUT2D eigenvalue weighted by Crippen LogP contribution is 2.31. The van der Waals surface area contributed by atoms with Gasteiger partial charge in [0.05, 0.1) is 12.1 Å². The summed E-state index contributed by atoms with van der Waals surface area (Å²) in [7, 11) is 0. The third kappa shape index (κ3) is 3.28. The number of rotatable bonds is 4. The summed E-state index contributed by atoms with van der Waals surface area (Å²) in [6, 6.07) is 10.9. The third-order valence-electron chi connectivity index (χ3n) is 5.39. The maximum atomic E-state index is 13.5. The fourth-order valence-corrected chi connectivity index (χ4v) is 3.71. The van der Waals surface area contributed by atoms with E-state index in [1.807, 2.05) is 25.1 Å². The van der Waals surface area contributed by atoms with Crippen LogP contribution in [0.3, 0.4) is 0 Å². The predicted molar refractivity (Wildman–Crippen MR) is 114 cm³/mol. The topological polar surface area (TPSA) is 109 Å². The molecule has 0 amide bonds. The summed E-state index contributed by atoms with van der Waals surface area (Å²) < 4.78 is 6.81. The number of aryl methyl sites for hydroxylation is 2. The molecule has 4 aromatic rings. The minimum atomic E-state index is -0.671. The zero-order valence-electron chi connectivity index (χ0n) is 17.3. The Morgan fingerprint density at radius 3 is 2.68 bits per heavy atom. The van der Waals surface area contributed by atoms with E-state index in [4.69, 9.17) is 4.42 Å². The number of hydrogen-bond acceptors (Lipinski definition) is 6. The van der Waals surface area contributed by atoms with Crippen LogP contribution in [0.2, 0.25) is 0 Å². The molecular weight excluding hydrogens is 394 g/mol. The number of nitriles is 1. The van der Waals surface area contributed by atoms with Crippen molar-refractivity contribution in [3.05, 3.63) is 92.2 Å². The first-order chi connectivity index (χ1) is 14.8. The SMILES string of the molecule is Cc1ccc2oc(C(=O)c3c(C)c(C#N)c(=O)n(Cc4cccnc4)c3O)c(C)c2c1. The average molecular weight is 413 g/mol. The number of nitrogens with zero attached hydrogens (tertiary/aromatic N) is 3.